The van der Waals surface area contributed by atoms with Crippen molar-refractivity contribution in [3.8, 4) is 0 Å². The van der Waals surface area contributed by atoms with Gasteiger partial charge in [-0.2, -0.15) is 13.2 Å². The van der Waals surface area contributed by atoms with Crippen LogP contribution in [0.3, 0.4) is 0 Å². The third-order valence-corrected chi connectivity index (χ3v) is 3.14. The zero-order valence-electron chi connectivity index (χ0n) is 11.8. The number of pyridine rings is 1. The molecule has 1 aromatic heterocycles. The van der Waals surface area contributed by atoms with Crippen LogP contribution in [0.25, 0.3) is 0 Å². The molecule has 0 aliphatic heterocycles. The zero-order chi connectivity index (χ0) is 16.3. The van der Waals surface area contributed by atoms with Gasteiger partial charge >= 0.3 is 6.18 Å². The minimum atomic E-state index is -4.34. The molecule has 2 aromatic rings. The molecule has 116 valence electrons. The minimum Gasteiger partial charge on any atom is -0.370 e. The molecule has 22 heavy (non-hydrogen) atoms. The van der Waals surface area contributed by atoms with Gasteiger partial charge in [0.15, 0.2) is 0 Å². The van der Waals surface area contributed by atoms with Gasteiger partial charge in [-0.15, -0.1) is 0 Å². The average Bonchev–Trinajstić information content (AvgIpc) is 2.47. The van der Waals surface area contributed by atoms with Gasteiger partial charge in [0, 0.05) is 25.5 Å². The Hall–Kier alpha value is -2.57. The van der Waals surface area contributed by atoms with Gasteiger partial charge in [-0.05, 0) is 29.8 Å². The number of carbonyl (C=O) groups excluding carboxylic acids is 1. The fraction of sp³-hybridized carbons (Fsp3) is 0.200. The van der Waals surface area contributed by atoms with Gasteiger partial charge in [0.1, 0.15) is 5.69 Å². The molecule has 0 saturated carbocycles. The molecule has 7 heteroatoms. The van der Waals surface area contributed by atoms with Crippen LogP contribution in [-0.2, 0) is 12.7 Å². The SMILES string of the molecule is CN(Cc1ccc(C(F)(F)F)cc1)c1ccnc(C(N)=O)c1. The molecule has 2 N–H and O–H groups in total. The van der Waals surface area contributed by atoms with Crippen molar-refractivity contribution in [2.75, 3.05) is 11.9 Å². The lowest BCUT2D eigenvalue weighted by molar-refractivity contribution is -0.137. The van der Waals surface area contributed by atoms with E-state index in [-0.39, 0.29) is 5.69 Å². The molecule has 2 rings (SSSR count). The highest BCUT2D eigenvalue weighted by molar-refractivity contribution is 5.91. The van der Waals surface area contributed by atoms with E-state index in [1.807, 2.05) is 0 Å². The first kappa shape index (κ1) is 15.8. The summed E-state index contributed by atoms with van der Waals surface area (Å²) in [5.74, 6) is -0.634. The zero-order valence-corrected chi connectivity index (χ0v) is 11.8. The van der Waals surface area contributed by atoms with Crippen LogP contribution in [0.5, 0.6) is 0 Å². The van der Waals surface area contributed by atoms with Crippen molar-refractivity contribution >= 4 is 11.6 Å². The molecule has 0 radical (unpaired) electrons. The molecule has 1 heterocycles. The number of alkyl halides is 3. The van der Waals surface area contributed by atoms with Gasteiger partial charge in [0.2, 0.25) is 0 Å². The van der Waals surface area contributed by atoms with Crippen molar-refractivity contribution in [2.24, 2.45) is 5.73 Å². The number of carbonyl (C=O) groups is 1. The van der Waals surface area contributed by atoms with E-state index in [1.165, 1.54) is 24.4 Å². The second kappa shape index (κ2) is 6.05. The predicted octanol–water partition coefficient (Wildman–Crippen LogP) is 2.84. The number of primary amides is 1. The van der Waals surface area contributed by atoms with E-state index in [1.54, 1.807) is 18.0 Å². The standard InChI is InChI=1S/C15H14F3N3O/c1-21(12-6-7-20-13(8-12)14(19)22)9-10-2-4-11(5-3-10)15(16,17)18/h2-8H,9H2,1H3,(H2,19,22). The number of rotatable bonds is 4. The fourth-order valence-corrected chi connectivity index (χ4v) is 1.96. The monoisotopic (exact) mass is 309 g/mol. The van der Waals surface area contributed by atoms with Gasteiger partial charge in [0.05, 0.1) is 5.56 Å². The van der Waals surface area contributed by atoms with Gasteiger partial charge in [-0.1, -0.05) is 12.1 Å². The number of hydrogen-bond acceptors (Lipinski definition) is 3. The first-order chi connectivity index (χ1) is 10.3. The summed E-state index contributed by atoms with van der Waals surface area (Å²) in [5.41, 5.74) is 6.03. The maximum Gasteiger partial charge on any atom is 0.416 e. The maximum absolute atomic E-state index is 12.5. The van der Waals surface area contributed by atoms with E-state index in [2.05, 4.69) is 4.98 Å². The second-order valence-electron chi connectivity index (χ2n) is 4.81. The molecule has 0 aliphatic rings. The second-order valence-corrected chi connectivity index (χ2v) is 4.81. The first-order valence-electron chi connectivity index (χ1n) is 6.40. The Morgan fingerprint density at radius 1 is 1.23 bits per heavy atom. The smallest absolute Gasteiger partial charge is 0.370 e. The highest BCUT2D eigenvalue weighted by Crippen LogP contribution is 2.29. The van der Waals surface area contributed by atoms with E-state index >= 15 is 0 Å². The van der Waals surface area contributed by atoms with Gasteiger partial charge in [0.25, 0.3) is 5.91 Å². The molecule has 0 aliphatic carbocycles. The summed E-state index contributed by atoms with van der Waals surface area (Å²) in [7, 11) is 1.76. The van der Waals surface area contributed by atoms with Crippen LogP contribution < -0.4 is 10.6 Å². The van der Waals surface area contributed by atoms with Crippen molar-refractivity contribution in [3.05, 3.63) is 59.4 Å². The molecule has 1 aromatic carbocycles. The van der Waals surface area contributed by atoms with Crippen LogP contribution in [0.4, 0.5) is 18.9 Å². The lowest BCUT2D eigenvalue weighted by Crippen LogP contribution is -2.19. The van der Waals surface area contributed by atoms with Gasteiger partial charge in [-0.25, -0.2) is 0 Å². The molecule has 0 spiro atoms. The Balaban J connectivity index is 2.13. The van der Waals surface area contributed by atoms with Crippen LogP contribution in [-0.4, -0.2) is 17.9 Å². The molecule has 4 nitrogen and oxygen atoms in total. The molecular formula is C15H14F3N3O. The van der Waals surface area contributed by atoms with Gasteiger partial charge < -0.3 is 10.6 Å². The van der Waals surface area contributed by atoms with Crippen molar-refractivity contribution in [1.82, 2.24) is 4.98 Å². The number of anilines is 1. The summed E-state index contributed by atoms with van der Waals surface area (Å²) in [6, 6.07) is 8.17. The van der Waals surface area contributed by atoms with Crippen LogP contribution in [0, 0.1) is 0 Å². The number of benzene rings is 1. The molecular weight excluding hydrogens is 295 g/mol. The third-order valence-electron chi connectivity index (χ3n) is 3.14. The fourth-order valence-electron chi connectivity index (χ4n) is 1.96. The summed E-state index contributed by atoms with van der Waals surface area (Å²) in [4.78, 5) is 16.7. The quantitative estimate of drug-likeness (QED) is 0.945. The van der Waals surface area contributed by atoms with Crippen LogP contribution in [0.2, 0.25) is 0 Å². The van der Waals surface area contributed by atoms with E-state index in [9.17, 15) is 18.0 Å². The van der Waals surface area contributed by atoms with Crippen molar-refractivity contribution in [3.63, 3.8) is 0 Å². The highest BCUT2D eigenvalue weighted by atomic mass is 19.4. The Morgan fingerprint density at radius 3 is 2.41 bits per heavy atom. The number of halogens is 3. The Labute approximate surface area is 125 Å². The summed E-state index contributed by atoms with van der Waals surface area (Å²) < 4.78 is 37.5. The summed E-state index contributed by atoms with van der Waals surface area (Å²) in [5, 5.41) is 0. The summed E-state index contributed by atoms with van der Waals surface area (Å²) in [6.45, 7) is 0.389. The van der Waals surface area contributed by atoms with Crippen molar-refractivity contribution < 1.29 is 18.0 Å². The molecule has 0 bridgehead atoms. The molecule has 0 fully saturated rings. The topological polar surface area (TPSA) is 59.2 Å². The Kier molecular flexibility index (Phi) is 4.35. The molecule has 0 atom stereocenters. The lowest BCUT2D eigenvalue weighted by Gasteiger charge is -2.20. The maximum atomic E-state index is 12.5. The van der Waals surface area contributed by atoms with Gasteiger partial charge in [-0.3, -0.25) is 9.78 Å². The minimum absolute atomic E-state index is 0.136. The van der Waals surface area contributed by atoms with Crippen LogP contribution >= 0.6 is 0 Å². The highest BCUT2D eigenvalue weighted by Gasteiger charge is 2.29. The van der Waals surface area contributed by atoms with Crippen molar-refractivity contribution in [1.29, 1.82) is 0 Å². The normalized spacial score (nSPS) is 11.3. The van der Waals surface area contributed by atoms with Crippen LogP contribution in [0.1, 0.15) is 21.6 Å². The lowest BCUT2D eigenvalue weighted by atomic mass is 10.1. The number of amides is 1. The average molecular weight is 309 g/mol. The van der Waals surface area contributed by atoms with Crippen LogP contribution in [0.15, 0.2) is 42.6 Å². The third kappa shape index (κ3) is 3.75. The summed E-state index contributed by atoms with van der Waals surface area (Å²) >= 11 is 0. The van der Waals surface area contributed by atoms with E-state index in [0.717, 1.165) is 12.1 Å². The van der Waals surface area contributed by atoms with E-state index in [0.29, 0.717) is 17.8 Å². The number of nitrogens with zero attached hydrogens (tertiary/aromatic N) is 2. The Morgan fingerprint density at radius 2 is 1.86 bits per heavy atom. The Bertz CT molecular complexity index is 668. The van der Waals surface area contributed by atoms with E-state index in [4.69, 9.17) is 5.73 Å². The summed E-state index contributed by atoms with van der Waals surface area (Å²) in [6.07, 6.45) is -2.88. The molecule has 1 amide bonds. The number of nitrogens with two attached hydrogens (primary N) is 1. The largest absolute Gasteiger partial charge is 0.416 e. The molecule has 0 unspecified atom stereocenters. The number of aromatic nitrogens is 1. The molecule has 0 saturated heterocycles. The van der Waals surface area contributed by atoms with Crippen molar-refractivity contribution in [2.45, 2.75) is 12.7 Å². The first-order valence-corrected chi connectivity index (χ1v) is 6.40. The predicted molar refractivity (Wildman–Crippen MR) is 76.3 cm³/mol. The van der Waals surface area contributed by atoms with E-state index < -0.39 is 17.6 Å². The number of hydrogen-bond donors (Lipinski definition) is 1.